The third-order valence-corrected chi connectivity index (χ3v) is 3.54. The molecule has 3 aromatic rings. The van der Waals surface area contributed by atoms with E-state index in [0.29, 0.717) is 0 Å². The molecule has 2 aromatic heterocycles. The molecular formula is C17H17N3. The van der Waals surface area contributed by atoms with E-state index in [-0.39, 0.29) is 6.04 Å². The number of nitrogens with one attached hydrogen (secondary N) is 1. The largest absolute Gasteiger partial charge is 0.313 e. The van der Waals surface area contributed by atoms with E-state index in [0.717, 1.165) is 17.6 Å². The molecule has 0 radical (unpaired) electrons. The van der Waals surface area contributed by atoms with Crippen LogP contribution < -0.4 is 5.32 Å². The molecule has 3 rings (SSSR count). The zero-order valence-corrected chi connectivity index (χ0v) is 11.5. The maximum absolute atomic E-state index is 4.42. The third-order valence-electron chi connectivity index (χ3n) is 3.54. The van der Waals surface area contributed by atoms with Gasteiger partial charge in [0.15, 0.2) is 0 Å². The lowest BCUT2D eigenvalue weighted by molar-refractivity contribution is 0.588. The molecule has 3 heteroatoms. The maximum Gasteiger partial charge on any atom is 0.0705 e. The summed E-state index contributed by atoms with van der Waals surface area (Å²) in [4.78, 5) is 8.84. The van der Waals surface area contributed by atoms with Gasteiger partial charge in [0, 0.05) is 35.9 Å². The minimum Gasteiger partial charge on any atom is -0.313 e. The maximum atomic E-state index is 4.42. The number of nitrogens with zero attached hydrogens (tertiary/aromatic N) is 2. The molecule has 1 unspecified atom stereocenters. The number of pyridine rings is 2. The molecule has 0 aliphatic heterocycles. The van der Waals surface area contributed by atoms with Crippen LogP contribution in [0.1, 0.15) is 17.3 Å². The molecule has 2 heterocycles. The zero-order chi connectivity index (χ0) is 13.8. The highest BCUT2D eigenvalue weighted by Gasteiger charge is 2.13. The topological polar surface area (TPSA) is 37.8 Å². The lowest BCUT2D eigenvalue weighted by Gasteiger charge is -2.18. The van der Waals surface area contributed by atoms with Crippen LogP contribution in [0.4, 0.5) is 0 Å². The van der Waals surface area contributed by atoms with Crippen molar-refractivity contribution in [2.24, 2.45) is 0 Å². The van der Waals surface area contributed by atoms with E-state index in [1.54, 1.807) is 0 Å². The van der Waals surface area contributed by atoms with Gasteiger partial charge in [-0.1, -0.05) is 24.3 Å². The molecule has 0 spiro atoms. The summed E-state index contributed by atoms with van der Waals surface area (Å²) >= 11 is 0. The molecule has 0 bridgehead atoms. The Morgan fingerprint density at radius 1 is 0.950 bits per heavy atom. The van der Waals surface area contributed by atoms with Crippen molar-refractivity contribution in [3.8, 4) is 0 Å². The SMILES string of the molecule is CNC(Cc1ccccn1)c1cccc2ncccc12. The second kappa shape index (κ2) is 5.80. The summed E-state index contributed by atoms with van der Waals surface area (Å²) < 4.78 is 0. The van der Waals surface area contributed by atoms with Crippen molar-refractivity contribution in [3.63, 3.8) is 0 Å². The van der Waals surface area contributed by atoms with Crippen molar-refractivity contribution in [2.75, 3.05) is 7.05 Å². The Morgan fingerprint density at radius 2 is 1.85 bits per heavy atom. The van der Waals surface area contributed by atoms with Gasteiger partial charge in [0.1, 0.15) is 0 Å². The number of hydrogen-bond donors (Lipinski definition) is 1. The monoisotopic (exact) mass is 263 g/mol. The normalized spacial score (nSPS) is 12.4. The van der Waals surface area contributed by atoms with E-state index in [9.17, 15) is 0 Å². The van der Waals surface area contributed by atoms with E-state index in [2.05, 4.69) is 39.6 Å². The molecule has 0 fully saturated rings. The molecule has 0 saturated heterocycles. The lowest BCUT2D eigenvalue weighted by Crippen LogP contribution is -2.19. The first-order chi connectivity index (χ1) is 9.88. The van der Waals surface area contributed by atoms with Gasteiger partial charge in [-0.3, -0.25) is 9.97 Å². The number of aromatic nitrogens is 2. The molecule has 3 nitrogen and oxygen atoms in total. The molecule has 0 amide bonds. The third kappa shape index (κ3) is 2.53. The quantitative estimate of drug-likeness (QED) is 0.786. The van der Waals surface area contributed by atoms with Crippen molar-refractivity contribution in [3.05, 3.63) is 72.2 Å². The molecule has 1 N–H and O–H groups in total. The minimum atomic E-state index is 0.234. The first-order valence-corrected chi connectivity index (χ1v) is 6.79. The molecule has 100 valence electrons. The predicted octanol–water partition coefficient (Wildman–Crippen LogP) is 3.13. The van der Waals surface area contributed by atoms with E-state index < -0.39 is 0 Å². The van der Waals surface area contributed by atoms with E-state index in [1.807, 2.05) is 43.7 Å². The fourth-order valence-electron chi connectivity index (χ4n) is 2.53. The molecule has 1 atom stereocenters. The molecular weight excluding hydrogens is 246 g/mol. The average molecular weight is 263 g/mol. The molecule has 0 saturated carbocycles. The van der Waals surface area contributed by atoms with Crippen LogP contribution >= 0.6 is 0 Å². The van der Waals surface area contributed by atoms with Gasteiger partial charge < -0.3 is 5.32 Å². The smallest absolute Gasteiger partial charge is 0.0705 e. The first kappa shape index (κ1) is 12.8. The van der Waals surface area contributed by atoms with Crippen molar-refractivity contribution in [2.45, 2.75) is 12.5 Å². The summed E-state index contributed by atoms with van der Waals surface area (Å²) in [7, 11) is 1.99. The van der Waals surface area contributed by atoms with Gasteiger partial charge >= 0.3 is 0 Å². The van der Waals surface area contributed by atoms with Crippen LogP contribution in [0.2, 0.25) is 0 Å². The standard InChI is InChI=1S/C17H17N3/c1-18-17(12-13-6-2-3-10-19-13)15-7-4-9-16-14(15)8-5-11-20-16/h2-11,17-18H,12H2,1H3. The van der Waals surface area contributed by atoms with Crippen LogP contribution in [0.3, 0.4) is 0 Å². The molecule has 20 heavy (non-hydrogen) atoms. The number of likely N-dealkylation sites (N-methyl/N-ethyl adjacent to an activating group) is 1. The highest BCUT2D eigenvalue weighted by Crippen LogP contribution is 2.25. The highest BCUT2D eigenvalue weighted by atomic mass is 14.9. The Labute approximate surface area is 118 Å². The molecule has 0 aliphatic rings. The van der Waals surface area contributed by atoms with Gasteiger partial charge in [-0.2, -0.15) is 0 Å². The summed E-state index contributed by atoms with van der Waals surface area (Å²) in [6.07, 6.45) is 4.54. The van der Waals surface area contributed by atoms with Crippen LogP contribution in [0.5, 0.6) is 0 Å². The summed E-state index contributed by atoms with van der Waals surface area (Å²) in [5.74, 6) is 0. The molecule has 0 aliphatic carbocycles. The Morgan fingerprint density at radius 3 is 2.65 bits per heavy atom. The van der Waals surface area contributed by atoms with Crippen molar-refractivity contribution < 1.29 is 0 Å². The van der Waals surface area contributed by atoms with Crippen molar-refractivity contribution in [1.82, 2.24) is 15.3 Å². The van der Waals surface area contributed by atoms with Gasteiger partial charge in [0.05, 0.1) is 5.52 Å². The second-order valence-corrected chi connectivity index (χ2v) is 4.78. The average Bonchev–Trinajstić information content (AvgIpc) is 2.53. The Bertz CT molecular complexity index is 689. The van der Waals surface area contributed by atoms with E-state index >= 15 is 0 Å². The fourth-order valence-corrected chi connectivity index (χ4v) is 2.53. The zero-order valence-electron chi connectivity index (χ0n) is 11.5. The summed E-state index contributed by atoms with van der Waals surface area (Å²) in [5, 5.41) is 4.59. The Balaban J connectivity index is 1.99. The number of hydrogen-bond acceptors (Lipinski definition) is 3. The summed E-state index contributed by atoms with van der Waals surface area (Å²) in [6, 6.07) is 16.7. The van der Waals surface area contributed by atoms with Gasteiger partial charge in [-0.25, -0.2) is 0 Å². The van der Waals surface area contributed by atoms with Crippen LogP contribution in [0.25, 0.3) is 10.9 Å². The van der Waals surface area contributed by atoms with Crippen LogP contribution in [0.15, 0.2) is 60.9 Å². The fraction of sp³-hybridized carbons (Fsp3) is 0.176. The molecule has 1 aromatic carbocycles. The van der Waals surface area contributed by atoms with Crippen LogP contribution in [-0.2, 0) is 6.42 Å². The van der Waals surface area contributed by atoms with Crippen molar-refractivity contribution in [1.29, 1.82) is 0 Å². The van der Waals surface area contributed by atoms with Crippen molar-refractivity contribution >= 4 is 10.9 Å². The second-order valence-electron chi connectivity index (χ2n) is 4.78. The van der Waals surface area contributed by atoms with E-state index in [1.165, 1.54) is 10.9 Å². The van der Waals surface area contributed by atoms with Gasteiger partial charge in [-0.15, -0.1) is 0 Å². The lowest BCUT2D eigenvalue weighted by atomic mass is 9.97. The van der Waals surface area contributed by atoms with Gasteiger partial charge in [0.2, 0.25) is 0 Å². The predicted molar refractivity (Wildman–Crippen MR) is 81.5 cm³/mol. The highest BCUT2D eigenvalue weighted by molar-refractivity contribution is 5.82. The first-order valence-electron chi connectivity index (χ1n) is 6.79. The Hall–Kier alpha value is -2.26. The van der Waals surface area contributed by atoms with Crippen LogP contribution in [0, 0.1) is 0 Å². The Kier molecular flexibility index (Phi) is 3.70. The number of rotatable bonds is 4. The van der Waals surface area contributed by atoms with Gasteiger partial charge in [0.25, 0.3) is 0 Å². The van der Waals surface area contributed by atoms with E-state index in [4.69, 9.17) is 0 Å². The van der Waals surface area contributed by atoms with Crippen LogP contribution in [-0.4, -0.2) is 17.0 Å². The minimum absolute atomic E-state index is 0.234. The number of benzene rings is 1. The summed E-state index contributed by atoms with van der Waals surface area (Å²) in [5.41, 5.74) is 3.39. The van der Waals surface area contributed by atoms with Gasteiger partial charge in [-0.05, 0) is 36.9 Å². The number of fused-ring (bicyclic) bond motifs is 1. The summed E-state index contributed by atoms with van der Waals surface area (Å²) in [6.45, 7) is 0.